The summed E-state index contributed by atoms with van der Waals surface area (Å²) in [6, 6.07) is 7.48. The smallest absolute Gasteiger partial charge is 0.256 e. The van der Waals surface area contributed by atoms with Crippen LogP contribution < -0.4 is 5.32 Å². The van der Waals surface area contributed by atoms with Crippen molar-refractivity contribution >= 4 is 34.8 Å². The molecule has 1 amide bonds. The first-order chi connectivity index (χ1) is 9.04. The molecule has 0 saturated carbocycles. The van der Waals surface area contributed by atoms with Gasteiger partial charge in [-0.2, -0.15) is 0 Å². The van der Waals surface area contributed by atoms with Gasteiger partial charge in [-0.15, -0.1) is 0 Å². The van der Waals surface area contributed by atoms with Gasteiger partial charge in [-0.05, 0) is 43.7 Å². The lowest BCUT2D eigenvalue weighted by Crippen LogP contribution is -2.03. The molecule has 96 valence electrons. The Morgan fingerprint density at radius 1 is 1.21 bits per heavy atom. The minimum Gasteiger partial charge on any atom is -0.359 e. The highest BCUT2D eigenvalue weighted by Gasteiger charge is 2.24. The first-order valence-electron chi connectivity index (χ1n) is 6.04. The van der Waals surface area contributed by atoms with Crippen LogP contribution in [0.1, 0.15) is 22.5 Å². The number of aromatic nitrogens is 1. The van der Waals surface area contributed by atoms with Gasteiger partial charge in [-0.25, -0.2) is 0 Å². The molecular formula is C15H13ClN2O. The second-order valence-electron chi connectivity index (χ2n) is 4.75. The van der Waals surface area contributed by atoms with Crippen LogP contribution in [0.5, 0.6) is 0 Å². The molecule has 0 spiro atoms. The van der Waals surface area contributed by atoms with Gasteiger partial charge in [0.2, 0.25) is 0 Å². The van der Waals surface area contributed by atoms with Crippen molar-refractivity contribution < 1.29 is 4.79 Å². The van der Waals surface area contributed by atoms with E-state index in [4.69, 9.17) is 11.6 Å². The molecule has 2 heterocycles. The Balaban J connectivity index is 2.12. The van der Waals surface area contributed by atoms with Crippen molar-refractivity contribution in [3.63, 3.8) is 0 Å². The molecule has 3 nitrogen and oxygen atoms in total. The molecule has 2 N–H and O–H groups in total. The number of rotatable bonds is 1. The van der Waals surface area contributed by atoms with Crippen molar-refractivity contribution in [3.8, 4) is 0 Å². The van der Waals surface area contributed by atoms with Crippen molar-refractivity contribution in [1.29, 1.82) is 0 Å². The van der Waals surface area contributed by atoms with E-state index in [9.17, 15) is 4.79 Å². The maximum Gasteiger partial charge on any atom is 0.256 e. The number of aryl methyl sites for hydroxylation is 2. The van der Waals surface area contributed by atoms with Gasteiger partial charge in [-0.1, -0.05) is 17.7 Å². The molecule has 3 rings (SSSR count). The van der Waals surface area contributed by atoms with Gasteiger partial charge in [0.15, 0.2) is 0 Å². The SMILES string of the molecule is Cc1cc(C)c(/C=C2\C(=O)Nc3cc(Cl)ccc32)[nH]1. The monoisotopic (exact) mass is 272 g/mol. The number of carbonyl (C=O) groups excluding carboxylic acids is 1. The summed E-state index contributed by atoms with van der Waals surface area (Å²) in [5.74, 6) is -0.0936. The van der Waals surface area contributed by atoms with Crippen LogP contribution >= 0.6 is 11.6 Å². The second kappa shape index (κ2) is 4.28. The molecule has 1 aromatic carbocycles. The topological polar surface area (TPSA) is 44.9 Å². The normalized spacial score (nSPS) is 15.7. The lowest BCUT2D eigenvalue weighted by molar-refractivity contribution is -0.110. The van der Waals surface area contributed by atoms with Gasteiger partial charge in [0.05, 0.1) is 11.3 Å². The van der Waals surface area contributed by atoms with E-state index in [1.807, 2.05) is 26.0 Å². The fourth-order valence-electron chi connectivity index (χ4n) is 2.35. The Hall–Kier alpha value is -2.00. The minimum absolute atomic E-state index is 0.0936. The zero-order valence-electron chi connectivity index (χ0n) is 10.7. The van der Waals surface area contributed by atoms with Gasteiger partial charge >= 0.3 is 0 Å². The number of carbonyl (C=O) groups is 1. The molecule has 0 unspecified atom stereocenters. The highest BCUT2D eigenvalue weighted by Crippen LogP contribution is 2.35. The summed E-state index contributed by atoms with van der Waals surface area (Å²) in [6.45, 7) is 4.02. The third kappa shape index (κ3) is 2.06. The van der Waals surface area contributed by atoms with E-state index >= 15 is 0 Å². The third-order valence-corrected chi connectivity index (χ3v) is 3.48. The summed E-state index contributed by atoms with van der Waals surface area (Å²) >= 11 is 5.93. The van der Waals surface area contributed by atoms with Crippen LogP contribution in [0.15, 0.2) is 24.3 Å². The standard InChI is InChI=1S/C15H13ClN2O/c1-8-5-9(2)17-13(8)7-12-11-4-3-10(16)6-14(11)18-15(12)19/h3-7,17H,1-2H3,(H,18,19)/b12-7-. The summed E-state index contributed by atoms with van der Waals surface area (Å²) in [4.78, 5) is 15.3. The van der Waals surface area contributed by atoms with E-state index in [0.29, 0.717) is 10.6 Å². The van der Waals surface area contributed by atoms with Crippen LogP contribution in [0.25, 0.3) is 11.6 Å². The highest BCUT2D eigenvalue weighted by molar-refractivity contribution is 6.36. The number of hydrogen-bond donors (Lipinski definition) is 2. The second-order valence-corrected chi connectivity index (χ2v) is 5.19. The number of hydrogen-bond acceptors (Lipinski definition) is 1. The largest absolute Gasteiger partial charge is 0.359 e. The molecule has 0 saturated heterocycles. The van der Waals surface area contributed by atoms with E-state index in [0.717, 1.165) is 28.2 Å². The van der Waals surface area contributed by atoms with Crippen LogP contribution in [0.2, 0.25) is 5.02 Å². The van der Waals surface area contributed by atoms with Crippen LogP contribution in [-0.4, -0.2) is 10.9 Å². The van der Waals surface area contributed by atoms with Crippen molar-refractivity contribution in [2.24, 2.45) is 0 Å². The van der Waals surface area contributed by atoms with Gasteiger partial charge in [0, 0.05) is 22.0 Å². The summed E-state index contributed by atoms with van der Waals surface area (Å²) in [5, 5.41) is 3.45. The predicted octanol–water partition coefficient (Wildman–Crippen LogP) is 3.78. The zero-order chi connectivity index (χ0) is 13.6. The summed E-state index contributed by atoms with van der Waals surface area (Å²) < 4.78 is 0. The Kier molecular flexibility index (Phi) is 2.72. The van der Waals surface area contributed by atoms with Crippen molar-refractivity contribution in [2.45, 2.75) is 13.8 Å². The molecule has 0 radical (unpaired) electrons. The van der Waals surface area contributed by atoms with E-state index in [1.165, 1.54) is 0 Å². The number of H-pyrrole nitrogens is 1. The first kappa shape index (κ1) is 12.1. The van der Waals surface area contributed by atoms with Crippen LogP contribution in [0, 0.1) is 13.8 Å². The molecule has 4 heteroatoms. The number of halogens is 1. The molecule has 1 aromatic heterocycles. The predicted molar refractivity (Wildman–Crippen MR) is 78.2 cm³/mol. The van der Waals surface area contributed by atoms with Crippen LogP contribution in [-0.2, 0) is 4.79 Å². The number of anilines is 1. The van der Waals surface area contributed by atoms with E-state index in [1.54, 1.807) is 12.1 Å². The molecule has 0 aliphatic carbocycles. The molecule has 1 aliphatic heterocycles. The van der Waals surface area contributed by atoms with E-state index in [2.05, 4.69) is 16.4 Å². The lowest BCUT2D eigenvalue weighted by Gasteiger charge is -1.99. The van der Waals surface area contributed by atoms with Gasteiger partial charge in [-0.3, -0.25) is 4.79 Å². The Bertz CT molecular complexity index is 713. The van der Waals surface area contributed by atoms with Gasteiger partial charge in [0.1, 0.15) is 0 Å². The van der Waals surface area contributed by atoms with Crippen LogP contribution in [0.4, 0.5) is 5.69 Å². The quantitative estimate of drug-likeness (QED) is 0.763. The number of amides is 1. The average Bonchev–Trinajstić information content (AvgIpc) is 2.80. The third-order valence-electron chi connectivity index (χ3n) is 3.24. The van der Waals surface area contributed by atoms with Crippen molar-refractivity contribution in [2.75, 3.05) is 5.32 Å². The summed E-state index contributed by atoms with van der Waals surface area (Å²) in [6.07, 6.45) is 1.89. The molecule has 1 aliphatic rings. The Morgan fingerprint density at radius 2 is 2.00 bits per heavy atom. The first-order valence-corrected chi connectivity index (χ1v) is 6.41. The minimum atomic E-state index is -0.0936. The van der Waals surface area contributed by atoms with Crippen molar-refractivity contribution in [1.82, 2.24) is 4.98 Å². The van der Waals surface area contributed by atoms with Crippen LogP contribution in [0.3, 0.4) is 0 Å². The van der Waals surface area contributed by atoms with E-state index < -0.39 is 0 Å². The summed E-state index contributed by atoms with van der Waals surface area (Å²) in [5.41, 5.74) is 5.49. The maximum absolute atomic E-state index is 12.0. The maximum atomic E-state index is 12.0. The molecule has 0 fully saturated rings. The average molecular weight is 273 g/mol. The molecule has 19 heavy (non-hydrogen) atoms. The zero-order valence-corrected chi connectivity index (χ0v) is 11.4. The molecule has 0 atom stereocenters. The van der Waals surface area contributed by atoms with Gasteiger partial charge in [0.25, 0.3) is 5.91 Å². The molecule has 2 aromatic rings. The van der Waals surface area contributed by atoms with E-state index in [-0.39, 0.29) is 5.91 Å². The Morgan fingerprint density at radius 3 is 2.68 bits per heavy atom. The highest BCUT2D eigenvalue weighted by atomic mass is 35.5. The molecular weight excluding hydrogens is 260 g/mol. The Labute approximate surface area is 116 Å². The number of benzene rings is 1. The van der Waals surface area contributed by atoms with Crippen molar-refractivity contribution in [3.05, 3.63) is 51.8 Å². The summed E-state index contributed by atoms with van der Waals surface area (Å²) in [7, 11) is 0. The number of nitrogens with one attached hydrogen (secondary N) is 2. The number of fused-ring (bicyclic) bond motifs is 1. The number of aromatic amines is 1. The van der Waals surface area contributed by atoms with Gasteiger partial charge < -0.3 is 10.3 Å². The fraction of sp³-hybridized carbons (Fsp3) is 0.133. The molecule has 0 bridgehead atoms. The lowest BCUT2D eigenvalue weighted by atomic mass is 10.1. The fourth-order valence-corrected chi connectivity index (χ4v) is 2.53.